The van der Waals surface area contributed by atoms with E-state index in [0.717, 1.165) is 0 Å². The number of urea groups is 1. The molecular weight excluding hydrogens is 384 g/mol. The van der Waals surface area contributed by atoms with Crippen LogP contribution in [0.4, 0.5) is 31.1 Å². The van der Waals surface area contributed by atoms with Crippen molar-refractivity contribution in [3.63, 3.8) is 0 Å². The molecule has 1 aliphatic rings. The van der Waals surface area contributed by atoms with Crippen LogP contribution in [-0.2, 0) is 6.54 Å². The summed E-state index contributed by atoms with van der Waals surface area (Å²) in [5.74, 6) is -0.289. The molecule has 0 saturated heterocycles. The van der Waals surface area contributed by atoms with Crippen molar-refractivity contribution in [2.24, 2.45) is 5.41 Å². The molecule has 0 spiro atoms. The highest BCUT2D eigenvalue weighted by Gasteiger charge is 2.67. The maximum atomic E-state index is 12.8. The lowest BCUT2D eigenvalue weighted by Crippen LogP contribution is -2.46. The van der Waals surface area contributed by atoms with E-state index in [9.17, 15) is 36.2 Å². The number of nitrogens with one attached hydrogen (secondary N) is 2. The summed E-state index contributed by atoms with van der Waals surface area (Å²) < 4.78 is 79.3. The third kappa shape index (κ3) is 5.88. The topological polar surface area (TPSA) is 83.5 Å². The third-order valence-corrected chi connectivity index (χ3v) is 4.08. The zero-order valence-corrected chi connectivity index (χ0v) is 13.8. The van der Waals surface area contributed by atoms with Crippen LogP contribution in [0.3, 0.4) is 0 Å². The largest absolute Gasteiger partial charge is 0.468 e. The number of carbonyl (C=O) groups excluding carboxylic acids is 1. The lowest BCUT2D eigenvalue weighted by atomic mass is 9.98. The van der Waals surface area contributed by atoms with Crippen molar-refractivity contribution in [1.29, 1.82) is 0 Å². The van der Waals surface area contributed by atoms with Gasteiger partial charge in [-0.2, -0.15) is 26.3 Å². The first-order chi connectivity index (χ1) is 12.4. The highest BCUT2D eigenvalue weighted by Crippen LogP contribution is 2.59. The molecule has 0 aliphatic heterocycles. The Morgan fingerprint density at radius 2 is 1.93 bits per heavy atom. The van der Waals surface area contributed by atoms with Crippen molar-refractivity contribution >= 4 is 6.03 Å². The zero-order valence-electron chi connectivity index (χ0n) is 13.8. The van der Waals surface area contributed by atoms with E-state index in [2.05, 4.69) is 20.4 Å². The maximum Gasteiger partial charge on any atom is 0.422 e. The van der Waals surface area contributed by atoms with Crippen molar-refractivity contribution in [3.05, 3.63) is 23.9 Å². The number of aliphatic hydroxyl groups excluding tert-OH is 1. The van der Waals surface area contributed by atoms with Crippen LogP contribution in [0.25, 0.3) is 0 Å². The van der Waals surface area contributed by atoms with Crippen molar-refractivity contribution in [2.75, 3.05) is 13.2 Å². The molecule has 6 nitrogen and oxygen atoms in total. The fraction of sp³-hybridized carbons (Fsp3) is 0.600. The number of carbonyl (C=O) groups is 1. The summed E-state index contributed by atoms with van der Waals surface area (Å²) in [6, 6.07) is 1.77. The number of rotatable bonds is 7. The molecule has 27 heavy (non-hydrogen) atoms. The van der Waals surface area contributed by atoms with Gasteiger partial charge in [0.2, 0.25) is 5.88 Å². The van der Waals surface area contributed by atoms with Crippen molar-refractivity contribution < 1.29 is 41.0 Å². The molecule has 1 aromatic heterocycles. The molecule has 1 heterocycles. The van der Waals surface area contributed by atoms with Crippen LogP contribution in [0.15, 0.2) is 18.3 Å². The van der Waals surface area contributed by atoms with Crippen LogP contribution in [0.1, 0.15) is 18.4 Å². The molecule has 1 fully saturated rings. The van der Waals surface area contributed by atoms with Gasteiger partial charge >= 0.3 is 18.4 Å². The summed E-state index contributed by atoms with van der Waals surface area (Å²) in [4.78, 5) is 15.2. The van der Waals surface area contributed by atoms with Gasteiger partial charge in [0.25, 0.3) is 0 Å². The van der Waals surface area contributed by atoms with Gasteiger partial charge in [-0.1, -0.05) is 0 Å². The minimum atomic E-state index is -4.55. The normalized spacial score (nSPS) is 17.1. The van der Waals surface area contributed by atoms with Crippen molar-refractivity contribution in [1.82, 2.24) is 15.6 Å². The summed E-state index contributed by atoms with van der Waals surface area (Å²) in [6.07, 6.45) is -10.0. The first-order valence-corrected chi connectivity index (χ1v) is 7.84. The van der Waals surface area contributed by atoms with E-state index in [1.807, 2.05) is 0 Å². The van der Waals surface area contributed by atoms with E-state index >= 15 is 0 Å². The SMILES string of the molecule is O=C(NCc1ccnc(OCC(F)(F)F)c1)NCC(O)C1(C(F)(F)F)CC1. The predicted octanol–water partition coefficient (Wildman–Crippen LogP) is 2.53. The van der Waals surface area contributed by atoms with Gasteiger partial charge in [0.05, 0.1) is 11.5 Å². The Hall–Kier alpha value is -2.24. The van der Waals surface area contributed by atoms with E-state index in [-0.39, 0.29) is 25.3 Å². The second-order valence-electron chi connectivity index (χ2n) is 6.14. The number of halogens is 6. The molecule has 0 radical (unpaired) electrons. The van der Waals surface area contributed by atoms with Gasteiger partial charge in [0.15, 0.2) is 6.61 Å². The van der Waals surface area contributed by atoms with Gasteiger partial charge in [0.1, 0.15) is 0 Å². The number of aliphatic hydroxyl groups is 1. The molecule has 1 atom stereocenters. The number of ether oxygens (including phenoxy) is 1. The minimum Gasteiger partial charge on any atom is -0.468 e. The van der Waals surface area contributed by atoms with E-state index in [1.54, 1.807) is 0 Å². The quantitative estimate of drug-likeness (QED) is 0.614. The molecule has 1 saturated carbocycles. The minimum absolute atomic E-state index is 0.128. The van der Waals surface area contributed by atoms with Gasteiger partial charge in [-0.15, -0.1) is 0 Å². The molecule has 2 rings (SSSR count). The van der Waals surface area contributed by atoms with Crippen LogP contribution in [0, 0.1) is 5.41 Å². The number of amides is 2. The number of alkyl halides is 6. The summed E-state index contributed by atoms with van der Waals surface area (Å²) in [5.41, 5.74) is -1.80. The Bertz CT molecular complexity index is 661. The molecule has 152 valence electrons. The highest BCUT2D eigenvalue weighted by atomic mass is 19.4. The van der Waals surface area contributed by atoms with Crippen molar-refractivity contribution in [3.8, 4) is 5.88 Å². The fourth-order valence-electron chi connectivity index (χ4n) is 2.36. The average Bonchev–Trinajstić information content (AvgIpc) is 3.37. The summed E-state index contributed by atoms with van der Waals surface area (Å²) in [7, 11) is 0. The predicted molar refractivity (Wildman–Crippen MR) is 79.8 cm³/mol. The van der Waals surface area contributed by atoms with Gasteiger partial charge < -0.3 is 20.5 Å². The summed E-state index contributed by atoms with van der Waals surface area (Å²) in [6.45, 7) is -2.23. The Balaban J connectivity index is 1.77. The van der Waals surface area contributed by atoms with Crippen molar-refractivity contribution in [2.45, 2.75) is 37.8 Å². The van der Waals surface area contributed by atoms with Crippen LogP contribution in [-0.4, -0.2) is 47.7 Å². The number of hydrogen-bond donors (Lipinski definition) is 3. The molecule has 3 N–H and O–H groups in total. The summed E-state index contributed by atoms with van der Waals surface area (Å²) >= 11 is 0. The third-order valence-electron chi connectivity index (χ3n) is 4.08. The fourth-order valence-corrected chi connectivity index (χ4v) is 2.36. The molecular formula is C15H17F6N3O3. The Labute approximate surface area is 149 Å². The van der Waals surface area contributed by atoms with Gasteiger partial charge in [-0.25, -0.2) is 9.78 Å². The molecule has 1 aromatic rings. The smallest absolute Gasteiger partial charge is 0.422 e. The van der Waals surface area contributed by atoms with E-state index in [4.69, 9.17) is 0 Å². The molecule has 0 bridgehead atoms. The Morgan fingerprint density at radius 3 is 2.48 bits per heavy atom. The second kappa shape index (κ2) is 7.79. The maximum absolute atomic E-state index is 12.8. The lowest BCUT2D eigenvalue weighted by Gasteiger charge is -2.25. The molecule has 0 aromatic carbocycles. The van der Waals surface area contributed by atoms with Gasteiger partial charge in [0, 0.05) is 25.4 Å². The molecule has 1 aliphatic carbocycles. The van der Waals surface area contributed by atoms with Crippen LogP contribution >= 0.6 is 0 Å². The van der Waals surface area contributed by atoms with Crippen LogP contribution in [0.5, 0.6) is 5.88 Å². The monoisotopic (exact) mass is 401 g/mol. The van der Waals surface area contributed by atoms with Gasteiger partial charge in [-0.05, 0) is 24.5 Å². The molecule has 2 amide bonds. The first kappa shape index (κ1) is 21.1. The Kier molecular flexibility index (Phi) is 6.07. The van der Waals surface area contributed by atoms with Gasteiger partial charge in [-0.3, -0.25) is 0 Å². The molecule has 1 unspecified atom stereocenters. The molecule has 12 heteroatoms. The zero-order chi connectivity index (χ0) is 20.3. The first-order valence-electron chi connectivity index (χ1n) is 7.84. The average molecular weight is 401 g/mol. The number of hydrogen-bond acceptors (Lipinski definition) is 4. The second-order valence-corrected chi connectivity index (χ2v) is 6.14. The lowest BCUT2D eigenvalue weighted by molar-refractivity contribution is -0.213. The number of pyridine rings is 1. The standard InChI is InChI=1S/C15H17F6N3O3/c16-14(17,18)8-27-11-5-9(1-4-22-11)6-23-12(26)24-7-10(25)13(2-3-13)15(19,20)21/h1,4-5,10,25H,2-3,6-8H2,(H2,23,24,26). The number of nitrogens with zero attached hydrogens (tertiary/aromatic N) is 1. The van der Waals surface area contributed by atoms with E-state index in [1.165, 1.54) is 18.3 Å². The van der Waals surface area contributed by atoms with E-state index < -0.39 is 43.1 Å². The van der Waals surface area contributed by atoms with E-state index in [0.29, 0.717) is 5.56 Å². The van der Waals surface area contributed by atoms with Crippen LogP contribution < -0.4 is 15.4 Å². The van der Waals surface area contributed by atoms with Crippen LogP contribution in [0.2, 0.25) is 0 Å². The highest BCUT2D eigenvalue weighted by molar-refractivity contribution is 5.73. The number of aromatic nitrogens is 1. The Morgan fingerprint density at radius 1 is 1.26 bits per heavy atom. The summed E-state index contributed by atoms with van der Waals surface area (Å²) in [5, 5.41) is 14.1.